The van der Waals surface area contributed by atoms with Crippen LogP contribution in [0.3, 0.4) is 0 Å². The fraction of sp³-hybridized carbons (Fsp3) is 0.385. The lowest BCUT2D eigenvalue weighted by Crippen LogP contribution is -2.44. The van der Waals surface area contributed by atoms with Crippen LogP contribution in [-0.4, -0.2) is 10.1 Å². The summed E-state index contributed by atoms with van der Waals surface area (Å²) in [5, 5.41) is 3.83. The maximum Gasteiger partial charge on any atom is 0.231 e. The molecule has 0 atom stereocenters. The Labute approximate surface area is 120 Å². The van der Waals surface area contributed by atoms with Crippen LogP contribution in [0.15, 0.2) is 22.7 Å². The van der Waals surface area contributed by atoms with E-state index in [1.165, 1.54) is 12.1 Å². The standard InChI is InChI=1S/C13H13F2N3O.ClH/c14-9-4-1-3-8(11(9)15)7-10-17-12(18-19-10)13(16)5-2-6-13;/h1,3-4H,2,5-7,16H2;1H. The molecule has 108 valence electrons. The molecule has 20 heavy (non-hydrogen) atoms. The summed E-state index contributed by atoms with van der Waals surface area (Å²) in [7, 11) is 0. The lowest BCUT2D eigenvalue weighted by molar-refractivity contribution is 0.229. The van der Waals surface area contributed by atoms with Gasteiger partial charge in [0.15, 0.2) is 17.5 Å². The van der Waals surface area contributed by atoms with Crippen molar-refractivity contribution in [2.45, 2.75) is 31.2 Å². The van der Waals surface area contributed by atoms with Crippen LogP contribution in [0.5, 0.6) is 0 Å². The number of nitrogens with two attached hydrogens (primary N) is 1. The second-order valence-corrected chi connectivity index (χ2v) is 4.91. The SMILES string of the molecule is Cl.NC1(c2noc(Cc3cccc(F)c3F)n2)CCC1. The molecule has 0 amide bonds. The van der Waals surface area contributed by atoms with Gasteiger partial charge in [-0.3, -0.25) is 0 Å². The van der Waals surface area contributed by atoms with Crippen molar-refractivity contribution in [2.24, 2.45) is 5.73 Å². The molecule has 1 fully saturated rings. The lowest BCUT2D eigenvalue weighted by Gasteiger charge is -2.34. The molecule has 0 aliphatic heterocycles. The van der Waals surface area contributed by atoms with Crippen LogP contribution in [-0.2, 0) is 12.0 Å². The molecule has 3 rings (SSSR count). The molecule has 0 spiro atoms. The summed E-state index contributed by atoms with van der Waals surface area (Å²) in [5.41, 5.74) is 5.74. The Bertz CT molecular complexity index is 613. The molecule has 0 bridgehead atoms. The number of hydrogen-bond acceptors (Lipinski definition) is 4. The minimum absolute atomic E-state index is 0. The number of nitrogens with zero attached hydrogens (tertiary/aromatic N) is 2. The Morgan fingerprint density at radius 2 is 2.05 bits per heavy atom. The zero-order valence-electron chi connectivity index (χ0n) is 10.6. The number of benzene rings is 1. The molecule has 4 nitrogen and oxygen atoms in total. The third-order valence-electron chi connectivity index (χ3n) is 3.53. The summed E-state index contributed by atoms with van der Waals surface area (Å²) >= 11 is 0. The van der Waals surface area contributed by atoms with Crippen LogP contribution < -0.4 is 5.73 Å². The first-order chi connectivity index (χ1) is 9.08. The van der Waals surface area contributed by atoms with E-state index in [1.807, 2.05) is 0 Å². The van der Waals surface area contributed by atoms with Crippen molar-refractivity contribution >= 4 is 12.4 Å². The predicted molar refractivity (Wildman–Crippen MR) is 70.4 cm³/mol. The van der Waals surface area contributed by atoms with E-state index in [-0.39, 0.29) is 30.3 Å². The van der Waals surface area contributed by atoms with Gasteiger partial charge in [-0.2, -0.15) is 4.98 Å². The minimum Gasteiger partial charge on any atom is -0.339 e. The van der Waals surface area contributed by atoms with Gasteiger partial charge in [0.1, 0.15) is 0 Å². The van der Waals surface area contributed by atoms with Gasteiger partial charge in [-0.25, -0.2) is 8.78 Å². The van der Waals surface area contributed by atoms with E-state index in [2.05, 4.69) is 10.1 Å². The van der Waals surface area contributed by atoms with Gasteiger partial charge < -0.3 is 10.3 Å². The smallest absolute Gasteiger partial charge is 0.231 e. The zero-order chi connectivity index (χ0) is 13.5. The van der Waals surface area contributed by atoms with Gasteiger partial charge in [0, 0.05) is 5.56 Å². The third kappa shape index (κ3) is 2.53. The van der Waals surface area contributed by atoms with Crippen molar-refractivity contribution in [3.05, 3.63) is 47.1 Å². The maximum atomic E-state index is 13.5. The molecule has 2 aromatic rings. The average molecular weight is 302 g/mol. The Balaban J connectivity index is 0.00000147. The first kappa shape index (κ1) is 14.9. The Kier molecular flexibility index (Phi) is 4.06. The largest absolute Gasteiger partial charge is 0.339 e. The second kappa shape index (κ2) is 5.46. The first-order valence-corrected chi connectivity index (χ1v) is 6.13. The topological polar surface area (TPSA) is 64.9 Å². The zero-order valence-corrected chi connectivity index (χ0v) is 11.4. The van der Waals surface area contributed by atoms with Gasteiger partial charge in [-0.1, -0.05) is 17.3 Å². The van der Waals surface area contributed by atoms with E-state index in [1.54, 1.807) is 0 Å². The number of rotatable bonds is 3. The van der Waals surface area contributed by atoms with E-state index in [9.17, 15) is 8.78 Å². The van der Waals surface area contributed by atoms with E-state index < -0.39 is 17.2 Å². The third-order valence-corrected chi connectivity index (χ3v) is 3.53. The molecule has 1 aliphatic rings. The highest BCUT2D eigenvalue weighted by atomic mass is 35.5. The average Bonchev–Trinajstić information content (AvgIpc) is 2.81. The highest BCUT2D eigenvalue weighted by Gasteiger charge is 2.38. The van der Waals surface area contributed by atoms with E-state index >= 15 is 0 Å². The summed E-state index contributed by atoms with van der Waals surface area (Å²) in [6.45, 7) is 0. The molecular formula is C13H14ClF2N3O. The molecule has 1 saturated carbocycles. The van der Waals surface area contributed by atoms with Crippen LogP contribution in [0.1, 0.15) is 36.5 Å². The van der Waals surface area contributed by atoms with Crippen molar-refractivity contribution in [1.82, 2.24) is 10.1 Å². The molecule has 1 aromatic heterocycles. The van der Waals surface area contributed by atoms with E-state index in [4.69, 9.17) is 10.3 Å². The molecule has 1 aliphatic carbocycles. The van der Waals surface area contributed by atoms with E-state index in [0.717, 1.165) is 25.3 Å². The molecule has 0 unspecified atom stereocenters. The Hall–Kier alpha value is -1.53. The van der Waals surface area contributed by atoms with E-state index in [0.29, 0.717) is 5.82 Å². The molecule has 1 aromatic carbocycles. The van der Waals surface area contributed by atoms with Crippen molar-refractivity contribution in [3.8, 4) is 0 Å². The first-order valence-electron chi connectivity index (χ1n) is 6.13. The normalized spacial score (nSPS) is 16.4. The number of hydrogen-bond donors (Lipinski definition) is 1. The quantitative estimate of drug-likeness (QED) is 0.946. The number of aromatic nitrogens is 2. The van der Waals surface area contributed by atoms with Crippen molar-refractivity contribution in [3.63, 3.8) is 0 Å². The molecule has 0 radical (unpaired) electrons. The Morgan fingerprint density at radius 1 is 1.30 bits per heavy atom. The molecule has 7 heteroatoms. The molecule has 1 heterocycles. The van der Waals surface area contributed by atoms with Gasteiger partial charge in [-0.05, 0) is 25.3 Å². The fourth-order valence-corrected chi connectivity index (χ4v) is 2.16. The number of halogens is 3. The lowest BCUT2D eigenvalue weighted by atomic mass is 9.77. The van der Waals surface area contributed by atoms with Crippen LogP contribution in [0.4, 0.5) is 8.78 Å². The Morgan fingerprint density at radius 3 is 2.70 bits per heavy atom. The highest BCUT2D eigenvalue weighted by Crippen LogP contribution is 2.36. The van der Waals surface area contributed by atoms with Crippen molar-refractivity contribution in [2.75, 3.05) is 0 Å². The molecule has 2 N–H and O–H groups in total. The minimum atomic E-state index is -0.883. The van der Waals surface area contributed by atoms with Gasteiger partial charge in [0.05, 0.1) is 12.0 Å². The highest BCUT2D eigenvalue weighted by molar-refractivity contribution is 5.85. The summed E-state index contributed by atoms with van der Waals surface area (Å²) in [4.78, 5) is 4.18. The summed E-state index contributed by atoms with van der Waals surface area (Å²) < 4.78 is 31.6. The van der Waals surface area contributed by atoms with Crippen molar-refractivity contribution < 1.29 is 13.3 Å². The molecule has 0 saturated heterocycles. The monoisotopic (exact) mass is 301 g/mol. The van der Waals surface area contributed by atoms with Gasteiger partial charge >= 0.3 is 0 Å². The molecular weight excluding hydrogens is 288 g/mol. The van der Waals surface area contributed by atoms with Gasteiger partial charge in [0.2, 0.25) is 5.89 Å². The summed E-state index contributed by atoms with van der Waals surface area (Å²) in [6, 6.07) is 4.01. The second-order valence-electron chi connectivity index (χ2n) is 4.91. The van der Waals surface area contributed by atoms with Crippen LogP contribution in [0, 0.1) is 11.6 Å². The van der Waals surface area contributed by atoms with Gasteiger partial charge in [-0.15, -0.1) is 12.4 Å². The fourth-order valence-electron chi connectivity index (χ4n) is 2.16. The predicted octanol–water partition coefficient (Wildman–Crippen LogP) is 2.70. The van der Waals surface area contributed by atoms with Crippen molar-refractivity contribution in [1.29, 1.82) is 0 Å². The van der Waals surface area contributed by atoms with Crippen LogP contribution >= 0.6 is 12.4 Å². The summed E-state index contributed by atoms with van der Waals surface area (Å²) in [6.07, 6.45) is 2.74. The maximum absolute atomic E-state index is 13.5. The van der Waals surface area contributed by atoms with Gasteiger partial charge in [0.25, 0.3) is 0 Å². The summed E-state index contributed by atoms with van der Waals surface area (Å²) in [5.74, 6) is -1.07. The van der Waals surface area contributed by atoms with Crippen LogP contribution in [0.2, 0.25) is 0 Å². The van der Waals surface area contributed by atoms with Crippen LogP contribution in [0.25, 0.3) is 0 Å².